The number of halogens is 2. The maximum absolute atomic E-state index is 13.0. The summed E-state index contributed by atoms with van der Waals surface area (Å²) in [4.78, 5) is -0.00451. The summed E-state index contributed by atoms with van der Waals surface area (Å²) in [6, 6.07) is 9.95. The van der Waals surface area contributed by atoms with Crippen LogP contribution in [0.5, 0.6) is 0 Å². The van der Waals surface area contributed by atoms with Crippen LogP contribution in [0.25, 0.3) is 0 Å². The zero-order valence-corrected chi connectivity index (χ0v) is 12.6. The fourth-order valence-electron chi connectivity index (χ4n) is 1.50. The first kappa shape index (κ1) is 14.1. The Bertz CT molecular complexity index is 719. The lowest BCUT2D eigenvalue weighted by Crippen LogP contribution is -2.15. The summed E-state index contributed by atoms with van der Waals surface area (Å²) in [7, 11) is -3.78. The number of nitrogens with one attached hydrogen (secondary N) is 1. The summed E-state index contributed by atoms with van der Waals surface area (Å²) >= 11 is 1.86. The highest BCUT2D eigenvalue weighted by Crippen LogP contribution is 2.24. The van der Waals surface area contributed by atoms with Crippen LogP contribution in [0.15, 0.2) is 47.4 Å². The van der Waals surface area contributed by atoms with E-state index in [4.69, 9.17) is 5.73 Å². The summed E-state index contributed by atoms with van der Waals surface area (Å²) in [5.41, 5.74) is 6.11. The van der Waals surface area contributed by atoms with Crippen molar-refractivity contribution >= 4 is 44.0 Å². The molecule has 3 N–H and O–H groups in total. The zero-order chi connectivity index (χ0) is 14.0. The van der Waals surface area contributed by atoms with Crippen LogP contribution in [0.1, 0.15) is 0 Å². The lowest BCUT2D eigenvalue weighted by atomic mass is 10.3. The fraction of sp³-hybridized carbons (Fsp3) is 0. The van der Waals surface area contributed by atoms with E-state index >= 15 is 0 Å². The van der Waals surface area contributed by atoms with E-state index in [1.165, 1.54) is 30.3 Å². The Morgan fingerprint density at radius 1 is 1.16 bits per heavy atom. The Balaban J connectivity index is 2.40. The number of nitrogen functional groups attached to an aromatic ring is 1. The number of benzene rings is 2. The molecule has 0 aliphatic carbocycles. The van der Waals surface area contributed by atoms with Crippen LogP contribution in [0, 0.1) is 9.39 Å². The van der Waals surface area contributed by atoms with E-state index < -0.39 is 15.8 Å². The Labute approximate surface area is 124 Å². The topological polar surface area (TPSA) is 72.2 Å². The molecule has 0 saturated carbocycles. The Hall–Kier alpha value is -1.35. The maximum Gasteiger partial charge on any atom is 0.263 e. The van der Waals surface area contributed by atoms with Crippen LogP contribution in [0.2, 0.25) is 0 Å². The summed E-state index contributed by atoms with van der Waals surface area (Å²) < 4.78 is 40.2. The average molecular weight is 392 g/mol. The van der Waals surface area contributed by atoms with Gasteiger partial charge in [0.05, 0.1) is 11.4 Å². The first-order chi connectivity index (χ1) is 8.90. The van der Waals surface area contributed by atoms with Crippen LogP contribution in [0.4, 0.5) is 15.8 Å². The van der Waals surface area contributed by atoms with Crippen molar-refractivity contribution in [3.05, 3.63) is 51.9 Å². The molecule has 0 atom stereocenters. The van der Waals surface area contributed by atoms with Crippen molar-refractivity contribution in [2.75, 3.05) is 10.5 Å². The molecule has 4 nitrogen and oxygen atoms in total. The van der Waals surface area contributed by atoms with E-state index in [-0.39, 0.29) is 10.6 Å². The SMILES string of the molecule is Nc1ccccc1S(=O)(=O)Nc1ccc(F)cc1I. The summed E-state index contributed by atoms with van der Waals surface area (Å²) in [6.07, 6.45) is 0. The molecule has 0 saturated heterocycles. The minimum Gasteiger partial charge on any atom is -0.398 e. The van der Waals surface area contributed by atoms with Crippen LogP contribution < -0.4 is 10.5 Å². The molecule has 2 rings (SSSR count). The van der Waals surface area contributed by atoms with Gasteiger partial charge < -0.3 is 5.73 Å². The van der Waals surface area contributed by atoms with Crippen molar-refractivity contribution in [1.29, 1.82) is 0 Å². The van der Waals surface area contributed by atoms with E-state index in [1.807, 2.05) is 22.6 Å². The molecular weight excluding hydrogens is 382 g/mol. The van der Waals surface area contributed by atoms with Gasteiger partial charge in [-0.3, -0.25) is 4.72 Å². The van der Waals surface area contributed by atoms with E-state index in [2.05, 4.69) is 4.72 Å². The monoisotopic (exact) mass is 392 g/mol. The molecule has 2 aromatic carbocycles. The number of rotatable bonds is 3. The third-order valence-corrected chi connectivity index (χ3v) is 4.72. The molecule has 0 amide bonds. The van der Waals surface area contributed by atoms with Gasteiger partial charge in [-0.25, -0.2) is 12.8 Å². The molecule has 2 aromatic rings. The lowest BCUT2D eigenvalue weighted by molar-refractivity contribution is 0.601. The Morgan fingerprint density at radius 2 is 1.84 bits per heavy atom. The van der Waals surface area contributed by atoms with Gasteiger partial charge in [-0.05, 0) is 52.9 Å². The molecule has 0 fully saturated rings. The van der Waals surface area contributed by atoms with Gasteiger partial charge in [0, 0.05) is 3.57 Å². The smallest absolute Gasteiger partial charge is 0.263 e. The van der Waals surface area contributed by atoms with Gasteiger partial charge in [0.25, 0.3) is 10.0 Å². The minimum absolute atomic E-state index is 0.00451. The molecule has 0 aliphatic heterocycles. The first-order valence-electron chi connectivity index (χ1n) is 5.22. The van der Waals surface area contributed by atoms with E-state index in [0.717, 1.165) is 0 Å². The molecule has 100 valence electrons. The highest BCUT2D eigenvalue weighted by molar-refractivity contribution is 14.1. The Kier molecular flexibility index (Phi) is 3.95. The molecule has 0 aliphatic rings. The van der Waals surface area contributed by atoms with Gasteiger partial charge in [0.15, 0.2) is 0 Å². The predicted molar refractivity (Wildman–Crippen MR) is 80.8 cm³/mol. The minimum atomic E-state index is -3.78. The molecule has 0 spiro atoms. The summed E-state index contributed by atoms with van der Waals surface area (Å²) in [5, 5.41) is 0. The normalized spacial score (nSPS) is 11.3. The highest BCUT2D eigenvalue weighted by Gasteiger charge is 2.18. The van der Waals surface area contributed by atoms with Crippen LogP contribution >= 0.6 is 22.6 Å². The largest absolute Gasteiger partial charge is 0.398 e. The summed E-state index contributed by atoms with van der Waals surface area (Å²) in [5.74, 6) is -0.424. The van der Waals surface area contributed by atoms with Gasteiger partial charge in [-0.1, -0.05) is 12.1 Å². The van der Waals surface area contributed by atoms with Gasteiger partial charge in [0.1, 0.15) is 10.7 Å². The van der Waals surface area contributed by atoms with E-state index in [9.17, 15) is 12.8 Å². The number of nitrogens with two attached hydrogens (primary N) is 1. The number of hydrogen-bond donors (Lipinski definition) is 2. The molecule has 0 unspecified atom stereocenters. The maximum atomic E-state index is 13.0. The molecule has 19 heavy (non-hydrogen) atoms. The van der Waals surface area contributed by atoms with Gasteiger partial charge >= 0.3 is 0 Å². The van der Waals surface area contributed by atoms with Crippen molar-refractivity contribution in [3.8, 4) is 0 Å². The third-order valence-electron chi connectivity index (χ3n) is 2.38. The third kappa shape index (κ3) is 3.16. The van der Waals surface area contributed by atoms with Crippen molar-refractivity contribution in [3.63, 3.8) is 0 Å². The summed E-state index contributed by atoms with van der Waals surface area (Å²) in [6.45, 7) is 0. The zero-order valence-electron chi connectivity index (χ0n) is 9.60. The van der Waals surface area contributed by atoms with Crippen molar-refractivity contribution in [1.82, 2.24) is 0 Å². The Morgan fingerprint density at radius 3 is 2.47 bits per heavy atom. The van der Waals surface area contributed by atoms with Gasteiger partial charge in [-0.2, -0.15) is 0 Å². The molecular formula is C12H10FIN2O2S. The fourth-order valence-corrected chi connectivity index (χ4v) is 3.51. The van der Waals surface area contributed by atoms with Gasteiger partial charge in [-0.15, -0.1) is 0 Å². The van der Waals surface area contributed by atoms with Crippen LogP contribution in [-0.4, -0.2) is 8.42 Å². The molecule has 0 heterocycles. The van der Waals surface area contributed by atoms with Gasteiger partial charge in [0.2, 0.25) is 0 Å². The second kappa shape index (κ2) is 5.33. The number of sulfonamides is 1. The average Bonchev–Trinajstić information content (AvgIpc) is 2.33. The second-order valence-electron chi connectivity index (χ2n) is 3.77. The van der Waals surface area contributed by atoms with Crippen molar-refractivity contribution < 1.29 is 12.8 Å². The van der Waals surface area contributed by atoms with E-state index in [1.54, 1.807) is 12.1 Å². The van der Waals surface area contributed by atoms with Crippen LogP contribution in [0.3, 0.4) is 0 Å². The number of anilines is 2. The van der Waals surface area contributed by atoms with E-state index in [0.29, 0.717) is 9.26 Å². The molecule has 0 bridgehead atoms. The first-order valence-corrected chi connectivity index (χ1v) is 7.79. The number of para-hydroxylation sites is 1. The quantitative estimate of drug-likeness (QED) is 0.624. The standard InChI is InChI=1S/C12H10FIN2O2S/c13-8-5-6-11(9(14)7-8)16-19(17,18)12-4-2-1-3-10(12)15/h1-7,16H,15H2. The predicted octanol–water partition coefficient (Wildman–Crippen LogP) is 2.81. The molecule has 0 radical (unpaired) electrons. The molecule has 0 aromatic heterocycles. The van der Waals surface area contributed by atoms with Crippen molar-refractivity contribution in [2.45, 2.75) is 4.90 Å². The molecule has 7 heteroatoms. The van der Waals surface area contributed by atoms with Crippen molar-refractivity contribution in [2.24, 2.45) is 0 Å². The van der Waals surface area contributed by atoms with Crippen LogP contribution in [-0.2, 0) is 10.0 Å². The second-order valence-corrected chi connectivity index (χ2v) is 6.58. The number of hydrogen-bond acceptors (Lipinski definition) is 3. The lowest BCUT2D eigenvalue weighted by Gasteiger charge is -2.11. The highest BCUT2D eigenvalue weighted by atomic mass is 127.